The Bertz CT molecular complexity index is 882. The minimum atomic E-state index is -2.07. The third-order valence-corrected chi connectivity index (χ3v) is 12.0. The number of esters is 1. The van der Waals surface area contributed by atoms with Crippen LogP contribution in [0.2, 0.25) is 18.1 Å². The predicted molar refractivity (Wildman–Crippen MR) is 157 cm³/mol. The molecule has 0 aliphatic heterocycles. The van der Waals surface area contributed by atoms with Crippen molar-refractivity contribution < 1.29 is 28.2 Å². The zero-order valence-corrected chi connectivity index (χ0v) is 25.9. The number of benzene rings is 1. The van der Waals surface area contributed by atoms with E-state index in [1.165, 1.54) is 0 Å². The molecule has 1 aromatic rings. The van der Waals surface area contributed by atoms with Gasteiger partial charge in [0.15, 0.2) is 14.1 Å². The third kappa shape index (κ3) is 10.9. The molecule has 214 valence electrons. The molecule has 6 nitrogen and oxygen atoms in total. The second-order valence-electron chi connectivity index (χ2n) is 10.2. The first kappa shape index (κ1) is 33.8. The molecule has 0 spiro atoms. The summed E-state index contributed by atoms with van der Waals surface area (Å²) >= 11 is 0. The van der Waals surface area contributed by atoms with E-state index in [9.17, 15) is 9.59 Å². The van der Waals surface area contributed by atoms with Crippen LogP contribution in [0.25, 0.3) is 0 Å². The van der Waals surface area contributed by atoms with E-state index >= 15 is 0 Å². The highest BCUT2D eigenvalue weighted by Crippen LogP contribution is 2.31. The van der Waals surface area contributed by atoms with Crippen LogP contribution < -0.4 is 4.74 Å². The van der Waals surface area contributed by atoms with Gasteiger partial charge in [0.05, 0.1) is 25.9 Å². The van der Waals surface area contributed by atoms with E-state index in [0.29, 0.717) is 18.6 Å². The maximum Gasteiger partial charge on any atom is 0.333 e. The molecule has 0 fully saturated rings. The van der Waals surface area contributed by atoms with Crippen molar-refractivity contribution in [1.29, 1.82) is 0 Å². The van der Waals surface area contributed by atoms with Crippen LogP contribution in [-0.2, 0) is 30.1 Å². The van der Waals surface area contributed by atoms with Crippen molar-refractivity contribution in [1.82, 2.24) is 0 Å². The van der Waals surface area contributed by atoms with Crippen molar-refractivity contribution in [3.05, 3.63) is 54.1 Å². The molecule has 0 unspecified atom stereocenters. The Balaban J connectivity index is 3.11. The molecule has 1 rings (SSSR count). The molecule has 0 aliphatic carbocycles. The normalized spacial score (nSPS) is 15.3. The highest BCUT2D eigenvalue weighted by atomic mass is 28.4. The van der Waals surface area contributed by atoms with Crippen molar-refractivity contribution >= 4 is 20.1 Å². The molecular weight excluding hydrogens is 496 g/mol. The van der Waals surface area contributed by atoms with Gasteiger partial charge in [-0.3, -0.25) is 4.79 Å². The number of ketones is 1. The first-order chi connectivity index (χ1) is 18.1. The largest absolute Gasteiger partial charge is 0.497 e. The van der Waals surface area contributed by atoms with Gasteiger partial charge in [-0.1, -0.05) is 52.0 Å². The van der Waals surface area contributed by atoms with Crippen LogP contribution in [0.4, 0.5) is 0 Å². The number of methoxy groups -OCH3 is 1. The van der Waals surface area contributed by atoms with Crippen LogP contribution in [0.15, 0.2) is 48.6 Å². The van der Waals surface area contributed by atoms with Crippen molar-refractivity contribution in [3.8, 4) is 5.75 Å². The highest BCUT2D eigenvalue weighted by Gasteiger charge is 2.40. The number of allylic oxidation sites excluding steroid dienone is 2. The van der Waals surface area contributed by atoms with Crippen LogP contribution in [0, 0.1) is 5.92 Å². The molecule has 4 atom stereocenters. The molecule has 0 radical (unpaired) electrons. The van der Waals surface area contributed by atoms with E-state index in [2.05, 4.69) is 34.3 Å². The summed E-state index contributed by atoms with van der Waals surface area (Å²) in [5.41, 5.74) is 1.55. The molecule has 0 N–H and O–H groups in total. The van der Waals surface area contributed by atoms with Crippen LogP contribution in [0.3, 0.4) is 0 Å². The quantitative estimate of drug-likeness (QED) is 0.0591. The second-order valence-corrected chi connectivity index (χ2v) is 14.9. The van der Waals surface area contributed by atoms with Crippen LogP contribution in [0.1, 0.15) is 73.3 Å². The standard InChI is InChI=1S/C31H50O6Si/c1-10-14-15-16-23(5)31(33)36-25(7)21-24(6)29(37-38(11-2,12-3)13-4)30(26(8)32)35-22-27-17-19-28(34-9)20-18-27/h10,16-20,24-25,29-30H,1,11-15,21-22H2,2-9H3/b23-16+/t24-,25+,29+,30+/m1/s1. The lowest BCUT2D eigenvalue weighted by Gasteiger charge is -2.39. The van der Waals surface area contributed by atoms with Gasteiger partial charge >= 0.3 is 5.97 Å². The number of hydrogen-bond donors (Lipinski definition) is 0. The molecular formula is C31H50O6Si. The molecule has 0 saturated heterocycles. The molecule has 7 heteroatoms. The summed E-state index contributed by atoms with van der Waals surface area (Å²) in [6.45, 7) is 17.8. The van der Waals surface area contributed by atoms with E-state index in [4.69, 9.17) is 18.6 Å². The average Bonchev–Trinajstić information content (AvgIpc) is 2.90. The van der Waals surface area contributed by atoms with E-state index in [0.717, 1.165) is 42.3 Å². The van der Waals surface area contributed by atoms with E-state index < -0.39 is 20.5 Å². The smallest absolute Gasteiger partial charge is 0.333 e. The van der Waals surface area contributed by atoms with Gasteiger partial charge in [0.25, 0.3) is 0 Å². The Labute approximate surface area is 231 Å². The monoisotopic (exact) mass is 546 g/mol. The number of unbranched alkanes of at least 4 members (excludes halogenated alkanes) is 1. The van der Waals surface area contributed by atoms with E-state index in [1.807, 2.05) is 43.3 Å². The van der Waals surface area contributed by atoms with Gasteiger partial charge in [-0.25, -0.2) is 4.79 Å². The van der Waals surface area contributed by atoms with Gasteiger partial charge in [0.1, 0.15) is 11.9 Å². The maximum absolute atomic E-state index is 12.9. The molecule has 0 aromatic heterocycles. The highest BCUT2D eigenvalue weighted by molar-refractivity contribution is 6.73. The first-order valence-corrected chi connectivity index (χ1v) is 16.5. The van der Waals surface area contributed by atoms with E-state index in [-0.39, 0.29) is 23.8 Å². The fourth-order valence-corrected chi connectivity index (χ4v) is 7.53. The molecule has 0 heterocycles. The first-order valence-electron chi connectivity index (χ1n) is 14.0. The van der Waals surface area contributed by atoms with Crippen molar-refractivity contribution in [2.24, 2.45) is 5.92 Å². The maximum atomic E-state index is 12.9. The molecule has 1 aromatic carbocycles. The molecule has 0 aliphatic rings. The molecule has 38 heavy (non-hydrogen) atoms. The number of carbonyl (C=O) groups is 2. The predicted octanol–water partition coefficient (Wildman–Crippen LogP) is 7.43. The van der Waals surface area contributed by atoms with Gasteiger partial charge in [-0.15, -0.1) is 6.58 Å². The lowest BCUT2D eigenvalue weighted by atomic mass is 9.92. The van der Waals surface area contributed by atoms with Crippen molar-refractivity contribution in [2.45, 2.75) is 111 Å². The number of Topliss-reactive ketones (excluding diaryl/α,β-unsaturated/α-hetero) is 1. The minimum absolute atomic E-state index is 0.0628. The Morgan fingerprint density at radius 3 is 2.11 bits per heavy atom. The van der Waals surface area contributed by atoms with Crippen LogP contribution in [0.5, 0.6) is 5.75 Å². The minimum Gasteiger partial charge on any atom is -0.497 e. The second kappa shape index (κ2) is 17.4. The number of hydrogen-bond acceptors (Lipinski definition) is 6. The Hall–Kier alpha value is -2.22. The molecule has 0 amide bonds. The lowest BCUT2D eigenvalue weighted by molar-refractivity contribution is -0.147. The topological polar surface area (TPSA) is 71.1 Å². The SMILES string of the molecule is C=CCC/C=C(\C)C(=O)O[C@@H](C)C[C@@H](C)[C@H](O[Si](CC)(CC)CC)[C@@H](OCc1ccc(OC)cc1)C(C)=O. The fourth-order valence-electron chi connectivity index (χ4n) is 4.60. The zero-order chi connectivity index (χ0) is 28.7. The number of ether oxygens (including phenoxy) is 3. The van der Waals surface area contributed by atoms with Crippen molar-refractivity contribution in [3.63, 3.8) is 0 Å². The Morgan fingerprint density at radius 1 is 1.00 bits per heavy atom. The Morgan fingerprint density at radius 2 is 1.61 bits per heavy atom. The summed E-state index contributed by atoms with van der Waals surface area (Å²) in [7, 11) is -0.436. The lowest BCUT2D eigenvalue weighted by Crippen LogP contribution is -2.50. The summed E-state index contributed by atoms with van der Waals surface area (Å²) in [4.78, 5) is 25.5. The van der Waals surface area contributed by atoms with Gasteiger partial charge in [0.2, 0.25) is 0 Å². The van der Waals surface area contributed by atoms with Crippen LogP contribution >= 0.6 is 0 Å². The zero-order valence-electron chi connectivity index (χ0n) is 24.9. The Kier molecular flexibility index (Phi) is 15.5. The molecule has 0 saturated carbocycles. The third-order valence-electron chi connectivity index (χ3n) is 7.32. The van der Waals surface area contributed by atoms with Gasteiger partial charge in [-0.05, 0) is 81.8 Å². The number of rotatable bonds is 19. The van der Waals surface area contributed by atoms with Gasteiger partial charge in [-0.2, -0.15) is 0 Å². The fraction of sp³-hybridized carbons (Fsp3) is 0.613. The van der Waals surface area contributed by atoms with Crippen molar-refractivity contribution in [2.75, 3.05) is 7.11 Å². The molecule has 0 bridgehead atoms. The summed E-state index contributed by atoms with van der Waals surface area (Å²) in [6.07, 6.45) is 4.37. The summed E-state index contributed by atoms with van der Waals surface area (Å²) in [5.74, 6) is 0.325. The van der Waals surface area contributed by atoms with Gasteiger partial charge < -0.3 is 18.6 Å². The van der Waals surface area contributed by atoms with Gasteiger partial charge in [0, 0.05) is 5.57 Å². The summed E-state index contributed by atoms with van der Waals surface area (Å²) in [5, 5.41) is 0. The van der Waals surface area contributed by atoms with Crippen LogP contribution in [-0.4, -0.2) is 45.5 Å². The average molecular weight is 547 g/mol. The van der Waals surface area contributed by atoms with E-state index in [1.54, 1.807) is 21.0 Å². The summed E-state index contributed by atoms with van der Waals surface area (Å²) in [6, 6.07) is 10.5. The number of carbonyl (C=O) groups excluding carboxylic acids is 2. The summed E-state index contributed by atoms with van der Waals surface area (Å²) < 4.78 is 24.2.